The summed E-state index contributed by atoms with van der Waals surface area (Å²) in [6.07, 6.45) is 0.481. The van der Waals surface area contributed by atoms with E-state index in [0.29, 0.717) is 19.1 Å². The maximum atomic E-state index is 12.0. The molecule has 0 aliphatic carbocycles. The van der Waals surface area contributed by atoms with E-state index in [2.05, 4.69) is 13.8 Å². The number of ether oxygens (including phenoxy) is 2. The molecule has 0 spiro atoms. The van der Waals surface area contributed by atoms with Crippen LogP contribution in [0.25, 0.3) is 0 Å². The summed E-state index contributed by atoms with van der Waals surface area (Å²) in [7, 11) is 0. The number of hydrogen-bond donors (Lipinski definition) is 1. The Labute approximate surface area is 120 Å². The van der Waals surface area contributed by atoms with E-state index in [9.17, 15) is 9.59 Å². The summed E-state index contributed by atoms with van der Waals surface area (Å²) in [6, 6.07) is 0. The van der Waals surface area contributed by atoms with Crippen molar-refractivity contribution in [1.82, 2.24) is 4.90 Å². The molecule has 116 valence electrons. The molecule has 0 aromatic rings. The van der Waals surface area contributed by atoms with Crippen molar-refractivity contribution in [2.45, 2.75) is 45.8 Å². The van der Waals surface area contributed by atoms with Crippen LogP contribution >= 0.6 is 0 Å². The van der Waals surface area contributed by atoms with Crippen LogP contribution in [0.3, 0.4) is 0 Å². The normalized spacial score (nSPS) is 21.0. The third-order valence-corrected chi connectivity index (χ3v) is 3.22. The number of nitrogens with zero attached hydrogens (tertiary/aromatic N) is 1. The molecule has 6 heteroatoms. The zero-order valence-corrected chi connectivity index (χ0v) is 12.5. The molecule has 1 heterocycles. The van der Waals surface area contributed by atoms with Gasteiger partial charge >= 0.3 is 5.97 Å². The van der Waals surface area contributed by atoms with Crippen molar-refractivity contribution in [1.29, 1.82) is 0 Å². The van der Waals surface area contributed by atoms with Crippen molar-refractivity contribution in [2.24, 2.45) is 5.92 Å². The smallest absolute Gasteiger partial charge is 0.334 e. The van der Waals surface area contributed by atoms with Crippen molar-refractivity contribution in [3.63, 3.8) is 0 Å². The summed E-state index contributed by atoms with van der Waals surface area (Å²) < 4.78 is 10.7. The summed E-state index contributed by atoms with van der Waals surface area (Å²) in [6.45, 7) is 7.48. The Morgan fingerprint density at radius 3 is 2.70 bits per heavy atom. The molecule has 1 saturated heterocycles. The Hall–Kier alpha value is -1.14. The van der Waals surface area contributed by atoms with Crippen LogP contribution in [0.1, 0.15) is 33.6 Å². The minimum atomic E-state index is -1.02. The van der Waals surface area contributed by atoms with Gasteiger partial charge in [-0.25, -0.2) is 4.79 Å². The topological polar surface area (TPSA) is 76.1 Å². The van der Waals surface area contributed by atoms with E-state index >= 15 is 0 Å². The molecule has 1 amide bonds. The van der Waals surface area contributed by atoms with Crippen LogP contribution in [0.4, 0.5) is 0 Å². The quantitative estimate of drug-likeness (QED) is 0.760. The van der Waals surface area contributed by atoms with Crippen LogP contribution in [-0.4, -0.2) is 60.4 Å². The number of rotatable bonds is 7. The van der Waals surface area contributed by atoms with Crippen molar-refractivity contribution in [3.05, 3.63) is 0 Å². The number of carboxylic acid groups (broad SMARTS) is 1. The Morgan fingerprint density at radius 1 is 1.40 bits per heavy atom. The average Bonchev–Trinajstić information content (AvgIpc) is 2.37. The highest BCUT2D eigenvalue weighted by Gasteiger charge is 2.28. The minimum Gasteiger partial charge on any atom is -0.479 e. The largest absolute Gasteiger partial charge is 0.479 e. The fourth-order valence-electron chi connectivity index (χ4n) is 2.26. The number of amides is 1. The first-order valence-electron chi connectivity index (χ1n) is 7.14. The van der Waals surface area contributed by atoms with Crippen LogP contribution in [0.2, 0.25) is 0 Å². The summed E-state index contributed by atoms with van der Waals surface area (Å²) in [5, 5.41) is 8.88. The predicted molar refractivity (Wildman–Crippen MR) is 73.4 cm³/mol. The van der Waals surface area contributed by atoms with Gasteiger partial charge in [-0.2, -0.15) is 0 Å². The summed E-state index contributed by atoms with van der Waals surface area (Å²) in [4.78, 5) is 24.3. The number of carboxylic acids is 1. The molecule has 0 bridgehead atoms. The maximum Gasteiger partial charge on any atom is 0.334 e. The van der Waals surface area contributed by atoms with Gasteiger partial charge in [0.1, 0.15) is 0 Å². The number of aliphatic carboxylic acids is 1. The van der Waals surface area contributed by atoms with Gasteiger partial charge in [0.15, 0.2) is 6.10 Å². The first kappa shape index (κ1) is 16.9. The molecule has 2 atom stereocenters. The number of morpholine rings is 1. The summed E-state index contributed by atoms with van der Waals surface area (Å²) >= 11 is 0. The van der Waals surface area contributed by atoms with Crippen LogP contribution in [0.5, 0.6) is 0 Å². The van der Waals surface area contributed by atoms with E-state index < -0.39 is 12.1 Å². The lowest BCUT2D eigenvalue weighted by Gasteiger charge is -2.31. The molecule has 0 radical (unpaired) electrons. The average molecular weight is 287 g/mol. The fourth-order valence-corrected chi connectivity index (χ4v) is 2.26. The van der Waals surface area contributed by atoms with Gasteiger partial charge in [0.05, 0.1) is 32.3 Å². The molecule has 1 aliphatic rings. The lowest BCUT2D eigenvalue weighted by atomic mass is 10.1. The third kappa shape index (κ3) is 5.88. The molecular formula is C14H25NO5. The third-order valence-electron chi connectivity index (χ3n) is 3.22. The fraction of sp³-hybridized carbons (Fsp3) is 0.857. The van der Waals surface area contributed by atoms with Crippen molar-refractivity contribution < 1.29 is 24.2 Å². The van der Waals surface area contributed by atoms with Gasteiger partial charge in [0, 0.05) is 6.54 Å². The van der Waals surface area contributed by atoms with Gasteiger partial charge in [-0.1, -0.05) is 13.8 Å². The van der Waals surface area contributed by atoms with Crippen LogP contribution in [-0.2, 0) is 19.1 Å². The van der Waals surface area contributed by atoms with Crippen LogP contribution < -0.4 is 0 Å². The zero-order valence-electron chi connectivity index (χ0n) is 12.5. The lowest BCUT2D eigenvalue weighted by Crippen LogP contribution is -2.48. The Balaban J connectivity index is 2.27. The number of carbonyl (C=O) groups is 2. The van der Waals surface area contributed by atoms with Crippen molar-refractivity contribution >= 4 is 11.9 Å². The van der Waals surface area contributed by atoms with Gasteiger partial charge in [-0.15, -0.1) is 0 Å². The molecule has 20 heavy (non-hydrogen) atoms. The first-order valence-corrected chi connectivity index (χ1v) is 7.14. The molecule has 1 aliphatic heterocycles. The molecule has 1 N–H and O–H groups in total. The summed E-state index contributed by atoms with van der Waals surface area (Å²) in [5.41, 5.74) is 0. The predicted octanol–water partition coefficient (Wildman–Crippen LogP) is 1.14. The van der Waals surface area contributed by atoms with E-state index in [-0.39, 0.29) is 31.6 Å². The van der Waals surface area contributed by atoms with Gasteiger partial charge in [-0.3, -0.25) is 4.79 Å². The van der Waals surface area contributed by atoms with Crippen LogP contribution in [0.15, 0.2) is 0 Å². The minimum absolute atomic E-state index is 0.0729. The molecular weight excluding hydrogens is 262 g/mol. The summed E-state index contributed by atoms with van der Waals surface area (Å²) in [5.74, 6) is -0.531. The second-order valence-corrected chi connectivity index (χ2v) is 5.60. The second kappa shape index (κ2) is 8.21. The molecule has 0 unspecified atom stereocenters. The first-order chi connectivity index (χ1) is 9.40. The monoisotopic (exact) mass is 287 g/mol. The van der Waals surface area contributed by atoms with Gasteiger partial charge in [0.25, 0.3) is 0 Å². The van der Waals surface area contributed by atoms with E-state index in [1.54, 1.807) is 4.90 Å². The molecule has 0 aromatic carbocycles. The number of hydrogen-bond acceptors (Lipinski definition) is 4. The second-order valence-electron chi connectivity index (χ2n) is 5.60. The van der Waals surface area contributed by atoms with E-state index in [4.69, 9.17) is 14.6 Å². The van der Waals surface area contributed by atoms with Gasteiger partial charge in [-0.05, 0) is 19.3 Å². The van der Waals surface area contributed by atoms with Crippen LogP contribution in [0, 0.1) is 5.92 Å². The standard InChI is InChI=1S/C14H25NO5/c1-10(2)8-11(3)19-6-4-13(16)15-5-7-20-12(9-15)14(17)18/h10-12H,4-9H2,1-3H3,(H,17,18)/t11-,12+/m0/s1. The Kier molecular flexibility index (Phi) is 6.95. The molecule has 0 saturated carbocycles. The van der Waals surface area contributed by atoms with Gasteiger partial charge < -0.3 is 19.5 Å². The molecule has 1 rings (SSSR count). The van der Waals surface area contributed by atoms with E-state index in [0.717, 1.165) is 6.42 Å². The molecule has 1 fully saturated rings. The SMILES string of the molecule is CC(C)C[C@H](C)OCCC(=O)N1CCO[C@@H](C(=O)O)C1. The van der Waals surface area contributed by atoms with Crippen molar-refractivity contribution in [3.8, 4) is 0 Å². The molecule has 6 nitrogen and oxygen atoms in total. The Morgan fingerprint density at radius 2 is 2.10 bits per heavy atom. The highest BCUT2D eigenvalue weighted by atomic mass is 16.5. The van der Waals surface area contributed by atoms with Gasteiger partial charge in [0.2, 0.25) is 5.91 Å². The zero-order chi connectivity index (χ0) is 15.1. The molecule has 0 aromatic heterocycles. The maximum absolute atomic E-state index is 12.0. The van der Waals surface area contributed by atoms with E-state index in [1.165, 1.54) is 0 Å². The van der Waals surface area contributed by atoms with E-state index in [1.807, 2.05) is 6.92 Å². The highest BCUT2D eigenvalue weighted by Crippen LogP contribution is 2.10. The Bertz CT molecular complexity index is 332. The number of carbonyl (C=O) groups excluding carboxylic acids is 1. The highest BCUT2D eigenvalue weighted by molar-refractivity contribution is 5.78. The van der Waals surface area contributed by atoms with Crippen molar-refractivity contribution in [2.75, 3.05) is 26.3 Å². The lowest BCUT2D eigenvalue weighted by molar-refractivity contribution is -0.159.